The Labute approximate surface area is 106 Å². The number of rotatable bonds is 3. The molecule has 0 fully saturated rings. The van der Waals surface area contributed by atoms with Crippen molar-refractivity contribution in [3.63, 3.8) is 0 Å². The van der Waals surface area contributed by atoms with Crippen LogP contribution in [-0.2, 0) is 12.4 Å². The second-order valence-electron chi connectivity index (χ2n) is 1.62. The van der Waals surface area contributed by atoms with Crippen molar-refractivity contribution in [3.05, 3.63) is 0 Å². The Morgan fingerprint density at radius 3 is 2.00 bits per heavy atom. The van der Waals surface area contributed by atoms with Gasteiger partial charge in [0.25, 0.3) is 0 Å². The molecule has 0 aliphatic carbocycles. The first-order valence-corrected chi connectivity index (χ1v) is 3.85. The molecule has 0 aromatic rings. The molecule has 2 unspecified atom stereocenters. The van der Waals surface area contributed by atoms with Crippen molar-refractivity contribution in [2.45, 2.75) is 12.2 Å². The molecule has 2 atom stereocenters. The van der Waals surface area contributed by atoms with Gasteiger partial charge in [-0.2, -0.15) is 0 Å². The van der Waals surface area contributed by atoms with Crippen LogP contribution in [0.25, 0.3) is 0 Å². The molecular formula is C4H4BiNaO6. The number of carbonyl (C=O) groups excluding carboxylic acids is 2. The molecule has 12 heavy (non-hydrogen) atoms. The van der Waals surface area contributed by atoms with E-state index in [1.165, 1.54) is 0 Å². The van der Waals surface area contributed by atoms with Gasteiger partial charge in [0.1, 0.15) is 0 Å². The Balaban J connectivity index is 0. The van der Waals surface area contributed by atoms with Crippen molar-refractivity contribution in [3.8, 4) is 0 Å². The normalized spacial score (nSPS) is 13.9. The van der Waals surface area contributed by atoms with Crippen molar-refractivity contribution in [1.29, 1.82) is 0 Å². The average molecular weight is 380 g/mol. The minimum Gasteiger partial charge on any atom is 1.00 e. The molecule has 0 amide bonds. The van der Waals surface area contributed by atoms with Crippen LogP contribution in [0.2, 0.25) is 0 Å². The summed E-state index contributed by atoms with van der Waals surface area (Å²) in [4.78, 5) is 20.2. The summed E-state index contributed by atoms with van der Waals surface area (Å²) in [5.74, 6) is -3.09. The SMILES string of the molecule is O=C([O-])C(O)C(O)C(=O)[O][Bi].[Na+]. The molecular weight excluding hydrogens is 376 g/mol. The predicted molar refractivity (Wildman–Crippen MR) is 28.9 cm³/mol. The molecule has 8 heteroatoms. The second-order valence-corrected chi connectivity index (χ2v) is 2.33. The molecule has 0 rings (SSSR count). The molecule has 6 nitrogen and oxygen atoms in total. The van der Waals surface area contributed by atoms with Gasteiger partial charge in [-0.15, -0.1) is 0 Å². The van der Waals surface area contributed by atoms with Crippen LogP contribution in [0.15, 0.2) is 0 Å². The predicted octanol–water partition coefficient (Wildman–Crippen LogP) is -6.91. The molecule has 2 N–H and O–H groups in total. The molecule has 0 aromatic heterocycles. The summed E-state index contributed by atoms with van der Waals surface area (Å²) in [6.07, 6.45) is -4.29. The van der Waals surface area contributed by atoms with E-state index in [1.54, 1.807) is 0 Å². The summed E-state index contributed by atoms with van der Waals surface area (Å²) < 4.78 is 4.05. The fourth-order valence-corrected chi connectivity index (χ4v) is 0.732. The van der Waals surface area contributed by atoms with Crippen molar-refractivity contribution < 1.29 is 57.3 Å². The van der Waals surface area contributed by atoms with Gasteiger partial charge in [0.05, 0.1) is 0 Å². The number of aliphatic hydroxyl groups is 2. The summed E-state index contributed by atoms with van der Waals surface area (Å²) in [7, 11) is 0. The van der Waals surface area contributed by atoms with Crippen LogP contribution in [0, 0.1) is 0 Å². The van der Waals surface area contributed by atoms with Crippen LogP contribution < -0.4 is 34.7 Å². The molecule has 0 saturated heterocycles. The Morgan fingerprint density at radius 2 is 1.75 bits per heavy atom. The molecule has 0 aromatic carbocycles. The van der Waals surface area contributed by atoms with Gasteiger partial charge in [0.15, 0.2) is 0 Å². The van der Waals surface area contributed by atoms with E-state index < -0.39 is 24.1 Å². The zero-order valence-corrected chi connectivity index (χ0v) is 11.6. The Bertz CT molecular complexity index is 173. The Kier molecular flexibility index (Phi) is 9.10. The van der Waals surface area contributed by atoms with Crippen molar-refractivity contribution in [1.82, 2.24) is 0 Å². The first kappa shape index (κ1) is 15.2. The summed E-state index contributed by atoms with van der Waals surface area (Å²) in [5, 5.41) is 27.0. The molecule has 2 radical (unpaired) electrons. The molecule has 0 aliphatic rings. The van der Waals surface area contributed by atoms with Crippen LogP contribution >= 0.6 is 0 Å². The molecule has 0 aliphatic heterocycles. The maximum atomic E-state index is 10.4. The van der Waals surface area contributed by atoms with Crippen LogP contribution in [0.4, 0.5) is 0 Å². The summed E-state index contributed by atoms with van der Waals surface area (Å²) >= 11 is 0.213. The van der Waals surface area contributed by atoms with Crippen LogP contribution in [0.5, 0.6) is 0 Å². The number of aliphatic hydroxyl groups excluding tert-OH is 2. The van der Waals surface area contributed by atoms with Gasteiger partial charge in [-0.05, 0) is 0 Å². The number of hydrogen-bond donors (Lipinski definition) is 2. The van der Waals surface area contributed by atoms with E-state index in [9.17, 15) is 14.7 Å². The molecule has 62 valence electrons. The second kappa shape index (κ2) is 7.18. The summed E-state index contributed by atoms with van der Waals surface area (Å²) in [5.41, 5.74) is 0. The third-order valence-corrected chi connectivity index (χ3v) is 1.57. The maximum Gasteiger partial charge on any atom is 1.00 e. The van der Waals surface area contributed by atoms with Crippen LogP contribution in [0.3, 0.4) is 0 Å². The molecule has 0 bridgehead atoms. The number of aliphatic carboxylic acids is 1. The maximum absolute atomic E-state index is 10.4. The minimum absolute atomic E-state index is 0. The van der Waals surface area contributed by atoms with E-state index in [4.69, 9.17) is 10.2 Å². The van der Waals surface area contributed by atoms with Crippen LogP contribution in [-0.4, -0.2) is 59.5 Å². The first-order chi connectivity index (χ1) is 5.00. The monoisotopic (exact) mass is 380 g/mol. The molecule has 0 saturated carbocycles. The van der Waals surface area contributed by atoms with Gasteiger partial charge in [0.2, 0.25) is 0 Å². The molecule has 0 heterocycles. The van der Waals surface area contributed by atoms with E-state index in [2.05, 4.69) is 2.81 Å². The zero-order valence-electron chi connectivity index (χ0n) is 6.13. The number of hydrogen-bond acceptors (Lipinski definition) is 6. The van der Waals surface area contributed by atoms with E-state index in [0.717, 1.165) is 0 Å². The Morgan fingerprint density at radius 1 is 1.33 bits per heavy atom. The van der Waals surface area contributed by atoms with Crippen molar-refractivity contribution in [2.24, 2.45) is 0 Å². The zero-order chi connectivity index (χ0) is 9.02. The largest absolute Gasteiger partial charge is 1.00 e. The molecule has 0 spiro atoms. The smallest absolute Gasteiger partial charge is 1.00 e. The van der Waals surface area contributed by atoms with E-state index in [1.807, 2.05) is 0 Å². The third-order valence-electron chi connectivity index (χ3n) is 0.872. The summed E-state index contributed by atoms with van der Waals surface area (Å²) in [6, 6.07) is 0. The minimum atomic E-state index is -2.23. The van der Waals surface area contributed by atoms with E-state index in [-0.39, 0.29) is 54.7 Å². The quantitative estimate of drug-likeness (QED) is 0.472. The van der Waals surface area contributed by atoms with E-state index >= 15 is 0 Å². The average Bonchev–Trinajstić information content (AvgIpc) is 2.00. The van der Waals surface area contributed by atoms with Gasteiger partial charge in [0, 0.05) is 0 Å². The standard InChI is InChI=1S/C4H6O6.Bi.Na/c5-1(3(7)8)2(6)4(9)10;;/h1-2,5-6H,(H,7,8)(H,9,10);;/q;2*+1/p-2. The summed E-state index contributed by atoms with van der Waals surface area (Å²) in [6.45, 7) is 0. The number of carboxylic acids is 1. The van der Waals surface area contributed by atoms with Gasteiger partial charge in [-0.1, -0.05) is 0 Å². The van der Waals surface area contributed by atoms with Gasteiger partial charge in [-0.3, -0.25) is 0 Å². The third kappa shape index (κ3) is 4.69. The first-order valence-electron chi connectivity index (χ1n) is 2.43. The topological polar surface area (TPSA) is 107 Å². The van der Waals surface area contributed by atoms with E-state index in [0.29, 0.717) is 0 Å². The van der Waals surface area contributed by atoms with Crippen molar-refractivity contribution in [2.75, 3.05) is 0 Å². The number of carboxylic acid groups (broad SMARTS) is 1. The number of carbonyl (C=O) groups is 2. The van der Waals surface area contributed by atoms with Crippen LogP contribution in [0.1, 0.15) is 0 Å². The van der Waals surface area contributed by atoms with Crippen molar-refractivity contribution >= 4 is 37.1 Å². The van der Waals surface area contributed by atoms with Gasteiger partial charge >= 0.3 is 107 Å². The van der Waals surface area contributed by atoms with Gasteiger partial charge in [-0.25, -0.2) is 0 Å². The fourth-order valence-electron chi connectivity index (χ4n) is 0.312. The Hall–Kier alpha value is 0.743. The fraction of sp³-hybridized carbons (Fsp3) is 0.500. The van der Waals surface area contributed by atoms with Gasteiger partial charge < -0.3 is 0 Å².